The molecule has 72 valence electrons. The number of aromatic nitrogens is 2. The predicted molar refractivity (Wildman–Crippen MR) is 59.4 cm³/mol. The zero-order valence-corrected chi connectivity index (χ0v) is 9.09. The first-order valence-electron chi connectivity index (χ1n) is 4.03. The highest BCUT2D eigenvalue weighted by Gasteiger charge is 2.05. The van der Waals surface area contributed by atoms with Crippen LogP contribution in [-0.2, 0) is 0 Å². The van der Waals surface area contributed by atoms with E-state index in [4.69, 9.17) is 11.6 Å². The van der Waals surface area contributed by atoms with Crippen molar-refractivity contribution in [3.8, 4) is 0 Å². The molecule has 5 heteroatoms. The van der Waals surface area contributed by atoms with Crippen molar-refractivity contribution in [3.63, 3.8) is 0 Å². The Morgan fingerprint density at radius 3 is 2.57 bits per heavy atom. The van der Waals surface area contributed by atoms with Crippen molar-refractivity contribution >= 4 is 33.8 Å². The van der Waals surface area contributed by atoms with Crippen LogP contribution in [0.4, 0.5) is 10.8 Å². The van der Waals surface area contributed by atoms with Gasteiger partial charge in [0.1, 0.15) is 5.51 Å². The second kappa shape index (κ2) is 3.94. The van der Waals surface area contributed by atoms with E-state index in [2.05, 4.69) is 10.2 Å². The van der Waals surface area contributed by atoms with Gasteiger partial charge >= 0.3 is 0 Å². The van der Waals surface area contributed by atoms with Gasteiger partial charge in [-0.1, -0.05) is 22.9 Å². The van der Waals surface area contributed by atoms with Gasteiger partial charge in [0.15, 0.2) is 0 Å². The molecule has 0 aliphatic rings. The minimum absolute atomic E-state index is 0.736. The minimum atomic E-state index is 0.736. The lowest BCUT2D eigenvalue weighted by Crippen LogP contribution is -2.08. The Kier molecular flexibility index (Phi) is 2.65. The summed E-state index contributed by atoms with van der Waals surface area (Å²) >= 11 is 7.30. The number of rotatable bonds is 2. The van der Waals surface area contributed by atoms with E-state index in [1.165, 1.54) is 11.3 Å². The van der Waals surface area contributed by atoms with Crippen LogP contribution in [0.5, 0.6) is 0 Å². The molecule has 0 bridgehead atoms. The van der Waals surface area contributed by atoms with E-state index in [0.29, 0.717) is 0 Å². The van der Waals surface area contributed by atoms with Crippen molar-refractivity contribution in [2.24, 2.45) is 0 Å². The summed E-state index contributed by atoms with van der Waals surface area (Å²) in [5.74, 6) is 0. The van der Waals surface area contributed by atoms with Crippen molar-refractivity contribution in [2.75, 3.05) is 11.9 Å². The van der Waals surface area contributed by atoms with Crippen LogP contribution in [0.2, 0.25) is 5.02 Å². The topological polar surface area (TPSA) is 29.0 Å². The maximum Gasteiger partial charge on any atom is 0.212 e. The molecule has 0 spiro atoms. The van der Waals surface area contributed by atoms with E-state index < -0.39 is 0 Å². The third-order valence-electron chi connectivity index (χ3n) is 1.85. The molecular weight excluding hydrogens is 218 g/mol. The van der Waals surface area contributed by atoms with E-state index in [1.54, 1.807) is 5.51 Å². The molecule has 0 saturated carbocycles. The Labute approximate surface area is 91.0 Å². The smallest absolute Gasteiger partial charge is 0.212 e. The highest BCUT2D eigenvalue weighted by Crippen LogP contribution is 2.25. The van der Waals surface area contributed by atoms with E-state index in [0.717, 1.165) is 15.8 Å². The van der Waals surface area contributed by atoms with Crippen LogP contribution in [0.3, 0.4) is 0 Å². The van der Waals surface area contributed by atoms with E-state index in [1.807, 2.05) is 36.2 Å². The summed E-state index contributed by atoms with van der Waals surface area (Å²) in [7, 11) is 1.95. The predicted octanol–water partition coefficient (Wildman–Crippen LogP) is 2.96. The van der Waals surface area contributed by atoms with Crippen LogP contribution in [0.1, 0.15) is 0 Å². The van der Waals surface area contributed by atoms with Gasteiger partial charge in [-0.05, 0) is 24.3 Å². The van der Waals surface area contributed by atoms with Crippen molar-refractivity contribution in [2.45, 2.75) is 0 Å². The molecule has 3 nitrogen and oxygen atoms in total. The molecule has 0 N–H and O–H groups in total. The molecule has 2 aromatic rings. The summed E-state index contributed by atoms with van der Waals surface area (Å²) in [5.41, 5.74) is 2.76. The van der Waals surface area contributed by atoms with E-state index in [-0.39, 0.29) is 0 Å². The van der Waals surface area contributed by atoms with Crippen LogP contribution in [-0.4, -0.2) is 17.2 Å². The number of halogens is 1. The number of hydrogen-bond donors (Lipinski definition) is 0. The van der Waals surface area contributed by atoms with Crippen LogP contribution in [0.15, 0.2) is 29.8 Å². The zero-order valence-electron chi connectivity index (χ0n) is 7.51. The lowest BCUT2D eigenvalue weighted by molar-refractivity contribution is 1.04. The van der Waals surface area contributed by atoms with Crippen LogP contribution < -0.4 is 4.90 Å². The number of benzene rings is 1. The SMILES string of the molecule is CN(c1ccc(Cl)cc1)c1nncs1. The maximum absolute atomic E-state index is 5.80. The first-order chi connectivity index (χ1) is 6.77. The average molecular weight is 226 g/mol. The maximum atomic E-state index is 5.80. The molecule has 0 radical (unpaired) electrons. The van der Waals surface area contributed by atoms with Gasteiger partial charge in [0.05, 0.1) is 0 Å². The largest absolute Gasteiger partial charge is 0.319 e. The Bertz CT molecular complexity index is 399. The highest BCUT2D eigenvalue weighted by atomic mass is 35.5. The molecule has 0 fully saturated rings. The van der Waals surface area contributed by atoms with Crippen LogP contribution in [0, 0.1) is 0 Å². The molecule has 1 aromatic carbocycles. The molecule has 0 aliphatic carbocycles. The summed E-state index contributed by atoms with van der Waals surface area (Å²) in [6.07, 6.45) is 0. The monoisotopic (exact) mass is 225 g/mol. The zero-order chi connectivity index (χ0) is 9.97. The molecule has 0 amide bonds. The summed E-state index contributed by atoms with van der Waals surface area (Å²) in [4.78, 5) is 1.97. The molecule has 14 heavy (non-hydrogen) atoms. The quantitative estimate of drug-likeness (QED) is 0.787. The molecule has 0 unspecified atom stereocenters. The molecule has 2 rings (SSSR count). The lowest BCUT2D eigenvalue weighted by Gasteiger charge is -2.14. The lowest BCUT2D eigenvalue weighted by atomic mass is 10.3. The standard InChI is InChI=1S/C9H8ClN3S/c1-13(9-12-11-6-14-9)8-4-2-7(10)3-5-8/h2-6H,1H3. The Hall–Kier alpha value is -1.13. The molecule has 0 aliphatic heterocycles. The first kappa shape index (κ1) is 9.43. The molecule has 0 saturated heterocycles. The van der Waals surface area contributed by atoms with Crippen molar-refractivity contribution in [1.29, 1.82) is 0 Å². The number of anilines is 2. The molecule has 1 aromatic heterocycles. The van der Waals surface area contributed by atoms with Crippen molar-refractivity contribution in [3.05, 3.63) is 34.8 Å². The second-order valence-electron chi connectivity index (χ2n) is 2.76. The number of hydrogen-bond acceptors (Lipinski definition) is 4. The van der Waals surface area contributed by atoms with E-state index >= 15 is 0 Å². The fourth-order valence-electron chi connectivity index (χ4n) is 1.09. The molecule has 0 atom stereocenters. The fourth-order valence-corrected chi connectivity index (χ4v) is 1.76. The summed E-state index contributed by atoms with van der Waals surface area (Å²) in [6.45, 7) is 0. The second-order valence-corrected chi connectivity index (χ2v) is 4.00. The van der Waals surface area contributed by atoms with Gasteiger partial charge < -0.3 is 4.90 Å². The van der Waals surface area contributed by atoms with Gasteiger partial charge in [-0.15, -0.1) is 10.2 Å². The first-order valence-corrected chi connectivity index (χ1v) is 5.28. The Morgan fingerprint density at radius 1 is 1.29 bits per heavy atom. The summed E-state index contributed by atoms with van der Waals surface area (Å²) in [6, 6.07) is 7.61. The summed E-state index contributed by atoms with van der Waals surface area (Å²) < 4.78 is 0. The highest BCUT2D eigenvalue weighted by molar-refractivity contribution is 7.13. The Morgan fingerprint density at radius 2 is 2.00 bits per heavy atom. The van der Waals surface area contributed by atoms with Gasteiger partial charge in [-0.2, -0.15) is 0 Å². The van der Waals surface area contributed by atoms with Crippen molar-refractivity contribution < 1.29 is 0 Å². The van der Waals surface area contributed by atoms with Gasteiger partial charge in [-0.25, -0.2) is 0 Å². The summed E-state index contributed by atoms with van der Waals surface area (Å²) in [5, 5.41) is 9.37. The van der Waals surface area contributed by atoms with E-state index in [9.17, 15) is 0 Å². The van der Waals surface area contributed by atoms with Crippen LogP contribution in [0.25, 0.3) is 0 Å². The van der Waals surface area contributed by atoms with Gasteiger partial charge in [0.2, 0.25) is 5.13 Å². The third-order valence-corrected chi connectivity index (χ3v) is 2.87. The normalized spacial score (nSPS) is 10.1. The van der Waals surface area contributed by atoms with Crippen LogP contribution >= 0.6 is 22.9 Å². The van der Waals surface area contributed by atoms with Gasteiger partial charge in [-0.3, -0.25) is 0 Å². The minimum Gasteiger partial charge on any atom is -0.319 e. The Balaban J connectivity index is 2.28. The molecular formula is C9H8ClN3S. The van der Waals surface area contributed by atoms with Crippen molar-refractivity contribution in [1.82, 2.24) is 10.2 Å². The third kappa shape index (κ3) is 1.86. The molecule has 1 heterocycles. The van der Waals surface area contributed by atoms with Gasteiger partial charge in [0, 0.05) is 17.8 Å². The number of nitrogens with zero attached hydrogens (tertiary/aromatic N) is 3. The van der Waals surface area contributed by atoms with Gasteiger partial charge in [0.25, 0.3) is 0 Å². The average Bonchev–Trinajstić information content (AvgIpc) is 2.71. The fraction of sp³-hybridized carbons (Fsp3) is 0.111.